The number of halogens is 1. The van der Waals surface area contributed by atoms with E-state index in [2.05, 4.69) is 5.32 Å². The van der Waals surface area contributed by atoms with Crippen LogP contribution >= 0.6 is 12.4 Å². The maximum Gasteiger partial charge on any atom is 0.133 e. The third kappa shape index (κ3) is 1.99. The molecule has 2 rings (SSSR count). The summed E-state index contributed by atoms with van der Waals surface area (Å²) in [6.07, 6.45) is 4.06. The molecule has 1 saturated heterocycles. The lowest BCUT2D eigenvalue weighted by molar-refractivity contribution is -0.123. The van der Waals surface area contributed by atoms with E-state index in [4.69, 9.17) is 0 Å². The van der Waals surface area contributed by atoms with Crippen molar-refractivity contribution in [3.8, 4) is 0 Å². The predicted molar refractivity (Wildman–Crippen MR) is 50.6 cm³/mol. The highest BCUT2D eigenvalue weighted by atomic mass is 35.5. The van der Waals surface area contributed by atoms with Gasteiger partial charge in [-0.1, -0.05) is 0 Å². The van der Waals surface area contributed by atoms with Gasteiger partial charge in [0.1, 0.15) is 5.78 Å². The second kappa shape index (κ2) is 4.24. The largest absolute Gasteiger partial charge is 0.316 e. The lowest BCUT2D eigenvalue weighted by atomic mass is 9.75. The van der Waals surface area contributed by atoms with Gasteiger partial charge in [0.15, 0.2) is 0 Å². The van der Waals surface area contributed by atoms with Gasteiger partial charge in [0.2, 0.25) is 0 Å². The van der Waals surface area contributed by atoms with Crippen LogP contribution in [0.3, 0.4) is 0 Å². The van der Waals surface area contributed by atoms with Crippen molar-refractivity contribution in [3.63, 3.8) is 0 Å². The molecular weight excluding hydrogens is 174 g/mol. The van der Waals surface area contributed by atoms with E-state index in [1.807, 2.05) is 0 Å². The standard InChI is InChI=1S/C9H15NO.ClH/c11-9-2-1-8-6-10-4-3-7(8)5-9;/h7-8,10H,1-6H2;1H/t7?,8-;/m0./s1. The number of carbonyl (C=O) groups excluding carboxylic acids is 1. The Labute approximate surface area is 79.5 Å². The molecule has 12 heavy (non-hydrogen) atoms. The Morgan fingerprint density at radius 2 is 2.08 bits per heavy atom. The Balaban J connectivity index is 0.000000720. The molecule has 0 aromatic rings. The minimum absolute atomic E-state index is 0. The van der Waals surface area contributed by atoms with E-state index in [1.165, 1.54) is 6.42 Å². The summed E-state index contributed by atoms with van der Waals surface area (Å²) in [5.74, 6) is 2.02. The molecule has 0 bridgehead atoms. The zero-order valence-corrected chi connectivity index (χ0v) is 8.03. The second-order valence-corrected chi connectivity index (χ2v) is 3.79. The van der Waals surface area contributed by atoms with Crippen molar-refractivity contribution in [2.45, 2.75) is 25.7 Å². The minimum Gasteiger partial charge on any atom is -0.316 e. The van der Waals surface area contributed by atoms with Crippen molar-refractivity contribution in [2.24, 2.45) is 11.8 Å². The van der Waals surface area contributed by atoms with Crippen molar-refractivity contribution in [2.75, 3.05) is 13.1 Å². The van der Waals surface area contributed by atoms with Crippen molar-refractivity contribution >= 4 is 18.2 Å². The summed E-state index contributed by atoms with van der Waals surface area (Å²) in [5, 5.41) is 3.39. The highest BCUT2D eigenvalue weighted by molar-refractivity contribution is 5.85. The molecule has 2 atom stereocenters. The fourth-order valence-electron chi connectivity index (χ4n) is 2.32. The highest BCUT2D eigenvalue weighted by Gasteiger charge is 2.30. The maximum atomic E-state index is 11.1. The zero-order valence-electron chi connectivity index (χ0n) is 7.21. The van der Waals surface area contributed by atoms with E-state index in [0.29, 0.717) is 5.78 Å². The highest BCUT2D eigenvalue weighted by Crippen LogP contribution is 2.31. The van der Waals surface area contributed by atoms with E-state index < -0.39 is 0 Å². The Hall–Kier alpha value is -0.0800. The number of fused-ring (bicyclic) bond motifs is 1. The van der Waals surface area contributed by atoms with Gasteiger partial charge in [0.05, 0.1) is 0 Å². The molecular formula is C9H16ClNO. The number of Topliss-reactive ketones (excluding diaryl/α,β-unsaturated/α-hetero) is 1. The monoisotopic (exact) mass is 189 g/mol. The summed E-state index contributed by atoms with van der Waals surface area (Å²) in [4.78, 5) is 11.1. The lowest BCUT2D eigenvalue weighted by Gasteiger charge is -2.35. The van der Waals surface area contributed by atoms with Crippen LogP contribution in [0.1, 0.15) is 25.7 Å². The molecule has 1 aliphatic heterocycles. The summed E-state index contributed by atoms with van der Waals surface area (Å²) in [6.45, 7) is 2.27. The van der Waals surface area contributed by atoms with Gasteiger partial charge in [-0.15, -0.1) is 12.4 Å². The lowest BCUT2D eigenvalue weighted by Crippen LogP contribution is -2.40. The number of piperidine rings is 1. The first-order valence-electron chi connectivity index (χ1n) is 4.58. The predicted octanol–water partition coefficient (Wildman–Crippen LogP) is 1.39. The third-order valence-electron chi connectivity index (χ3n) is 3.05. The Bertz CT molecular complexity index is 172. The van der Waals surface area contributed by atoms with Crippen LogP contribution < -0.4 is 5.32 Å². The van der Waals surface area contributed by atoms with Crippen LogP contribution in [0.2, 0.25) is 0 Å². The van der Waals surface area contributed by atoms with Crippen LogP contribution in [0.25, 0.3) is 0 Å². The number of hydrogen-bond acceptors (Lipinski definition) is 2. The van der Waals surface area contributed by atoms with Crippen molar-refractivity contribution in [1.29, 1.82) is 0 Å². The Morgan fingerprint density at radius 1 is 1.25 bits per heavy atom. The molecule has 2 fully saturated rings. The van der Waals surface area contributed by atoms with Crippen LogP contribution in [0.5, 0.6) is 0 Å². The van der Waals surface area contributed by atoms with E-state index in [1.54, 1.807) is 0 Å². The molecule has 2 nitrogen and oxygen atoms in total. The first kappa shape index (κ1) is 10.0. The van der Waals surface area contributed by atoms with Gasteiger partial charge >= 0.3 is 0 Å². The first-order chi connectivity index (χ1) is 5.36. The van der Waals surface area contributed by atoms with Gasteiger partial charge in [-0.2, -0.15) is 0 Å². The van der Waals surface area contributed by atoms with Gasteiger partial charge in [0.25, 0.3) is 0 Å². The molecule has 0 amide bonds. The molecule has 1 unspecified atom stereocenters. The van der Waals surface area contributed by atoms with E-state index in [-0.39, 0.29) is 12.4 Å². The molecule has 2 aliphatic rings. The molecule has 1 N–H and O–H groups in total. The van der Waals surface area contributed by atoms with E-state index in [9.17, 15) is 4.79 Å². The van der Waals surface area contributed by atoms with E-state index in [0.717, 1.165) is 44.2 Å². The molecule has 0 radical (unpaired) electrons. The summed E-state index contributed by atoms with van der Waals surface area (Å²) in [6, 6.07) is 0. The van der Waals surface area contributed by atoms with Gasteiger partial charge in [-0.25, -0.2) is 0 Å². The van der Waals surface area contributed by atoms with Crippen LogP contribution in [0.15, 0.2) is 0 Å². The summed E-state index contributed by atoms with van der Waals surface area (Å²) in [7, 11) is 0. The number of ketones is 1. The average Bonchev–Trinajstić information content (AvgIpc) is 2.04. The van der Waals surface area contributed by atoms with Gasteiger partial charge in [-0.05, 0) is 37.8 Å². The molecule has 1 aliphatic carbocycles. The van der Waals surface area contributed by atoms with Crippen LogP contribution in [-0.2, 0) is 4.79 Å². The molecule has 3 heteroatoms. The Morgan fingerprint density at radius 3 is 2.92 bits per heavy atom. The molecule has 1 saturated carbocycles. The fourth-order valence-corrected chi connectivity index (χ4v) is 2.32. The molecule has 70 valence electrons. The summed E-state index contributed by atoms with van der Waals surface area (Å²) < 4.78 is 0. The number of hydrogen-bond donors (Lipinski definition) is 1. The summed E-state index contributed by atoms with van der Waals surface area (Å²) >= 11 is 0. The zero-order chi connectivity index (χ0) is 7.68. The quantitative estimate of drug-likeness (QED) is 0.624. The van der Waals surface area contributed by atoms with Crippen molar-refractivity contribution in [3.05, 3.63) is 0 Å². The minimum atomic E-state index is 0. The van der Waals surface area contributed by atoms with Gasteiger partial charge in [-0.3, -0.25) is 4.79 Å². The molecule has 0 spiro atoms. The fraction of sp³-hybridized carbons (Fsp3) is 0.889. The molecule has 0 aromatic carbocycles. The van der Waals surface area contributed by atoms with Crippen LogP contribution in [-0.4, -0.2) is 18.9 Å². The normalized spacial score (nSPS) is 35.2. The van der Waals surface area contributed by atoms with E-state index >= 15 is 0 Å². The van der Waals surface area contributed by atoms with Crippen molar-refractivity contribution < 1.29 is 4.79 Å². The summed E-state index contributed by atoms with van der Waals surface area (Å²) in [5.41, 5.74) is 0. The number of nitrogens with one attached hydrogen (secondary N) is 1. The second-order valence-electron chi connectivity index (χ2n) is 3.79. The molecule has 0 aromatic heterocycles. The average molecular weight is 190 g/mol. The van der Waals surface area contributed by atoms with Gasteiger partial charge in [0, 0.05) is 12.8 Å². The third-order valence-corrected chi connectivity index (χ3v) is 3.05. The van der Waals surface area contributed by atoms with Crippen LogP contribution in [0, 0.1) is 11.8 Å². The molecule has 1 heterocycles. The number of rotatable bonds is 0. The van der Waals surface area contributed by atoms with Gasteiger partial charge < -0.3 is 5.32 Å². The smallest absolute Gasteiger partial charge is 0.133 e. The Kier molecular flexibility index (Phi) is 3.53. The maximum absolute atomic E-state index is 11.1. The number of carbonyl (C=O) groups is 1. The van der Waals surface area contributed by atoms with Crippen molar-refractivity contribution in [1.82, 2.24) is 5.32 Å². The van der Waals surface area contributed by atoms with Crippen LogP contribution in [0.4, 0.5) is 0 Å². The topological polar surface area (TPSA) is 29.1 Å². The first-order valence-corrected chi connectivity index (χ1v) is 4.58. The SMILES string of the molecule is Cl.O=C1CC[C@H]2CNCCC2C1.